The zero-order valence-corrected chi connectivity index (χ0v) is 23.4. The van der Waals surface area contributed by atoms with E-state index in [9.17, 15) is 0 Å². The number of rotatable bonds is 13. The van der Waals surface area contributed by atoms with Crippen molar-refractivity contribution in [2.24, 2.45) is 0 Å². The fourth-order valence-corrected chi connectivity index (χ4v) is 4.64. The molecule has 4 rings (SSSR count). The van der Waals surface area contributed by atoms with E-state index in [1.54, 1.807) is 18.2 Å². The summed E-state index contributed by atoms with van der Waals surface area (Å²) in [6, 6.07) is 19.4. The third-order valence-corrected chi connectivity index (χ3v) is 7.19. The predicted octanol–water partition coefficient (Wildman–Crippen LogP) is 8.71. The molecule has 0 N–H and O–H groups in total. The maximum Gasteiger partial charge on any atom is 0.141 e. The highest BCUT2D eigenvalue weighted by atomic mass is 35.5. The molecule has 0 saturated carbocycles. The van der Waals surface area contributed by atoms with Gasteiger partial charge in [0.05, 0.1) is 27.7 Å². The lowest BCUT2D eigenvalue weighted by molar-refractivity contribution is 0.249. The Balaban J connectivity index is 1.58. The van der Waals surface area contributed by atoms with E-state index in [1.807, 2.05) is 24.3 Å². The molecule has 4 aromatic rings. The summed E-state index contributed by atoms with van der Waals surface area (Å²) in [5.41, 5.74) is 3.03. The minimum Gasteiger partial charge on any atom is -0.493 e. The molecule has 0 aliphatic heterocycles. The summed E-state index contributed by atoms with van der Waals surface area (Å²) >= 11 is 12.2. The minimum absolute atomic E-state index is 0.461. The molecule has 1 heterocycles. The number of halogens is 2. The molecule has 37 heavy (non-hydrogen) atoms. The van der Waals surface area contributed by atoms with Crippen LogP contribution in [0.4, 0.5) is 0 Å². The number of imidazole rings is 1. The molecular formula is C30H35Cl2N3O2. The van der Waals surface area contributed by atoms with E-state index < -0.39 is 0 Å². The van der Waals surface area contributed by atoms with Crippen LogP contribution in [0, 0.1) is 0 Å². The Hall–Kier alpha value is -2.73. The van der Waals surface area contributed by atoms with E-state index in [0.717, 1.165) is 73.6 Å². The van der Waals surface area contributed by atoms with E-state index >= 15 is 0 Å². The lowest BCUT2D eigenvalue weighted by Gasteiger charge is -2.17. The van der Waals surface area contributed by atoms with Crippen LogP contribution >= 0.6 is 23.2 Å². The van der Waals surface area contributed by atoms with Crippen molar-refractivity contribution in [1.82, 2.24) is 14.5 Å². The van der Waals surface area contributed by atoms with E-state index in [1.165, 1.54) is 0 Å². The third kappa shape index (κ3) is 6.98. The molecule has 0 amide bonds. The lowest BCUT2D eigenvalue weighted by atomic mass is 10.2. The van der Waals surface area contributed by atoms with E-state index in [4.69, 9.17) is 37.7 Å². The van der Waals surface area contributed by atoms with Crippen molar-refractivity contribution in [2.75, 3.05) is 26.2 Å². The average Bonchev–Trinajstić information content (AvgIpc) is 3.27. The van der Waals surface area contributed by atoms with E-state index in [0.29, 0.717) is 28.2 Å². The highest BCUT2D eigenvalue weighted by Crippen LogP contribution is 2.33. The molecular weight excluding hydrogens is 505 g/mol. The zero-order valence-electron chi connectivity index (χ0n) is 21.8. The van der Waals surface area contributed by atoms with Gasteiger partial charge in [0.2, 0.25) is 0 Å². The van der Waals surface area contributed by atoms with Gasteiger partial charge in [0, 0.05) is 30.8 Å². The molecule has 7 heteroatoms. The summed E-state index contributed by atoms with van der Waals surface area (Å²) in [5, 5.41) is 0.961. The highest BCUT2D eigenvalue weighted by Gasteiger charge is 2.15. The first kappa shape index (κ1) is 27.3. The monoisotopic (exact) mass is 539 g/mol. The Morgan fingerprint density at radius 3 is 2.38 bits per heavy atom. The van der Waals surface area contributed by atoms with Gasteiger partial charge in [-0.2, -0.15) is 0 Å². The number of nitrogens with zero attached hydrogens (tertiary/aromatic N) is 3. The molecule has 196 valence electrons. The molecule has 0 unspecified atom stereocenters. The predicted molar refractivity (Wildman–Crippen MR) is 155 cm³/mol. The number of hydrogen-bond donors (Lipinski definition) is 0. The first-order valence-electron chi connectivity index (χ1n) is 13.1. The lowest BCUT2D eigenvalue weighted by Crippen LogP contribution is -2.25. The number of ether oxygens (including phenoxy) is 2. The van der Waals surface area contributed by atoms with Crippen LogP contribution in [0.1, 0.15) is 40.0 Å². The number of unbranched alkanes of at least 4 members (excludes halogenated alkanes) is 1. The molecule has 0 radical (unpaired) electrons. The number of aromatic nitrogens is 2. The van der Waals surface area contributed by atoms with Gasteiger partial charge in [-0.1, -0.05) is 62.5 Å². The summed E-state index contributed by atoms with van der Waals surface area (Å²) < 4.78 is 14.5. The van der Waals surface area contributed by atoms with Crippen molar-refractivity contribution in [3.05, 3.63) is 70.7 Å². The van der Waals surface area contributed by atoms with Crippen molar-refractivity contribution >= 4 is 34.2 Å². The molecule has 0 atom stereocenters. The molecule has 0 saturated heterocycles. The fourth-order valence-electron chi connectivity index (χ4n) is 4.35. The van der Waals surface area contributed by atoms with Crippen LogP contribution in [-0.2, 0) is 6.54 Å². The van der Waals surface area contributed by atoms with Crippen LogP contribution in [0.25, 0.3) is 22.4 Å². The van der Waals surface area contributed by atoms with Gasteiger partial charge in [-0.3, -0.25) is 0 Å². The normalized spacial score (nSPS) is 11.4. The first-order chi connectivity index (χ1) is 18.0. The molecule has 0 aliphatic rings. The molecule has 1 aromatic heterocycles. The maximum absolute atomic E-state index is 6.16. The molecule has 0 bridgehead atoms. The maximum atomic E-state index is 6.16. The van der Waals surface area contributed by atoms with Gasteiger partial charge in [-0.25, -0.2) is 4.98 Å². The molecule has 0 spiro atoms. The summed E-state index contributed by atoms with van der Waals surface area (Å²) in [6.45, 7) is 11.4. The van der Waals surface area contributed by atoms with Gasteiger partial charge in [0.1, 0.15) is 23.1 Å². The number of fused-ring (bicyclic) bond motifs is 1. The van der Waals surface area contributed by atoms with Crippen LogP contribution < -0.4 is 9.47 Å². The van der Waals surface area contributed by atoms with E-state index in [-0.39, 0.29) is 0 Å². The Labute approximate surface area is 229 Å². The Bertz CT molecular complexity index is 1320. The molecule has 5 nitrogen and oxygen atoms in total. The summed E-state index contributed by atoms with van der Waals surface area (Å²) in [5.74, 6) is 3.14. The Morgan fingerprint density at radius 2 is 1.62 bits per heavy atom. The van der Waals surface area contributed by atoms with Crippen LogP contribution in [0.15, 0.2) is 60.7 Å². The average molecular weight is 541 g/mol. The Morgan fingerprint density at radius 1 is 0.838 bits per heavy atom. The van der Waals surface area contributed by atoms with Crippen molar-refractivity contribution < 1.29 is 9.47 Å². The second-order valence-electron chi connectivity index (χ2n) is 9.03. The van der Waals surface area contributed by atoms with Crippen LogP contribution in [0.5, 0.6) is 17.2 Å². The molecule has 0 aliphatic carbocycles. The van der Waals surface area contributed by atoms with Gasteiger partial charge in [0.25, 0.3) is 0 Å². The number of hydrogen-bond acceptors (Lipinski definition) is 4. The zero-order chi connectivity index (χ0) is 26.2. The Kier molecular flexibility index (Phi) is 9.73. The van der Waals surface area contributed by atoms with Crippen LogP contribution in [-0.4, -0.2) is 40.7 Å². The third-order valence-electron chi connectivity index (χ3n) is 6.46. The number of benzene rings is 3. The standard InChI is InChI=1S/C30H35Cl2N3O2/c1-4-7-17-35-29-21-23(36-18-9-16-34(5-2)6-3)13-15-28(29)33-30(35)22-10-8-11-24(19-22)37-25-12-14-26(31)27(32)20-25/h8,10-15,19-21H,4-7,9,16-18H2,1-3H3. The number of aryl methyl sites for hydroxylation is 1. The molecule has 0 fully saturated rings. The minimum atomic E-state index is 0.461. The van der Waals surface area contributed by atoms with Crippen LogP contribution in [0.2, 0.25) is 10.0 Å². The van der Waals surface area contributed by atoms with Gasteiger partial charge < -0.3 is 18.9 Å². The second kappa shape index (κ2) is 13.2. The largest absolute Gasteiger partial charge is 0.493 e. The van der Waals surface area contributed by atoms with Crippen LogP contribution in [0.3, 0.4) is 0 Å². The SMILES string of the molecule is CCCCn1c(-c2cccc(Oc3ccc(Cl)c(Cl)c3)c2)nc2ccc(OCCCN(CC)CC)cc21. The first-order valence-corrected chi connectivity index (χ1v) is 13.9. The second-order valence-corrected chi connectivity index (χ2v) is 9.84. The fraction of sp³-hybridized carbons (Fsp3) is 0.367. The van der Waals surface area contributed by atoms with Gasteiger partial charge in [0.15, 0.2) is 0 Å². The van der Waals surface area contributed by atoms with E-state index in [2.05, 4.69) is 48.4 Å². The topological polar surface area (TPSA) is 39.5 Å². The smallest absolute Gasteiger partial charge is 0.141 e. The van der Waals surface area contributed by atoms with Crippen molar-refractivity contribution in [2.45, 2.75) is 46.6 Å². The summed E-state index contributed by atoms with van der Waals surface area (Å²) in [6.07, 6.45) is 3.17. The van der Waals surface area contributed by atoms with Gasteiger partial charge >= 0.3 is 0 Å². The van der Waals surface area contributed by atoms with Crippen molar-refractivity contribution in [3.63, 3.8) is 0 Å². The van der Waals surface area contributed by atoms with Gasteiger partial charge in [-0.15, -0.1) is 0 Å². The van der Waals surface area contributed by atoms with Crippen molar-refractivity contribution in [1.29, 1.82) is 0 Å². The summed E-state index contributed by atoms with van der Waals surface area (Å²) in [4.78, 5) is 7.41. The van der Waals surface area contributed by atoms with Gasteiger partial charge in [-0.05, 0) is 62.3 Å². The molecule has 3 aromatic carbocycles. The summed E-state index contributed by atoms with van der Waals surface area (Å²) in [7, 11) is 0. The highest BCUT2D eigenvalue weighted by molar-refractivity contribution is 6.42. The van der Waals surface area contributed by atoms with Crippen molar-refractivity contribution in [3.8, 4) is 28.6 Å². The quantitative estimate of drug-likeness (QED) is 0.159.